The number of hydrogen-bond acceptors (Lipinski definition) is 2. The van der Waals surface area contributed by atoms with Crippen LogP contribution in [0.4, 0.5) is 15.8 Å². The van der Waals surface area contributed by atoms with Crippen molar-refractivity contribution in [3.63, 3.8) is 0 Å². The first-order valence-electron chi connectivity index (χ1n) is 17.8. The van der Waals surface area contributed by atoms with Crippen molar-refractivity contribution in [3.05, 3.63) is 136 Å². The summed E-state index contributed by atoms with van der Waals surface area (Å²) in [5.41, 5.74) is 11.8. The predicted octanol–water partition coefficient (Wildman–Crippen LogP) is 11.3. The zero-order chi connectivity index (χ0) is 34.2. The standard InChI is InChI=1S/C44H52FN2O/c1-9-10-11-27-47-39-24-20-34(45)29-37(39)44(6,7)41(47)26-19-33-14-12-13-32(42(33)48-35-21-15-30(2)16-22-35)18-25-40-43(4,5)36-28-31(3)17-23-38(36)46(40)8/h15-26,28-29H,9-14,27H2,1-8H3/q+1. The van der Waals surface area contributed by atoms with Gasteiger partial charge in [0.05, 0.1) is 5.41 Å². The van der Waals surface area contributed by atoms with E-state index in [1.54, 1.807) is 12.1 Å². The van der Waals surface area contributed by atoms with Gasteiger partial charge in [0.1, 0.15) is 24.4 Å². The third-order valence-corrected chi connectivity index (χ3v) is 10.6. The molecule has 3 aromatic rings. The van der Waals surface area contributed by atoms with E-state index < -0.39 is 0 Å². The third kappa shape index (κ3) is 6.34. The van der Waals surface area contributed by atoms with Gasteiger partial charge in [-0.3, -0.25) is 0 Å². The molecule has 0 spiro atoms. The zero-order valence-electron chi connectivity index (χ0n) is 30.2. The molecule has 6 rings (SSSR count). The number of nitrogens with zero attached hydrogens (tertiary/aromatic N) is 2. The van der Waals surface area contributed by atoms with Crippen LogP contribution in [0.15, 0.2) is 108 Å². The van der Waals surface area contributed by atoms with Crippen LogP contribution in [0.1, 0.15) is 95.4 Å². The molecule has 0 N–H and O–H groups in total. The molecule has 0 radical (unpaired) electrons. The summed E-state index contributed by atoms with van der Waals surface area (Å²) in [4.78, 5) is 2.42. The fraction of sp³-hybridized carbons (Fsp3) is 0.386. The second-order valence-electron chi connectivity index (χ2n) is 14.9. The normalized spacial score (nSPS) is 20.0. The Bertz CT molecular complexity index is 1870. The molecule has 2 heterocycles. The van der Waals surface area contributed by atoms with Gasteiger partial charge < -0.3 is 9.64 Å². The number of anilines is 1. The Kier molecular flexibility index (Phi) is 9.40. The Morgan fingerprint density at radius 2 is 1.58 bits per heavy atom. The van der Waals surface area contributed by atoms with Crippen molar-refractivity contribution in [2.75, 3.05) is 18.5 Å². The lowest BCUT2D eigenvalue weighted by molar-refractivity contribution is -0.401. The minimum Gasteiger partial charge on any atom is -0.457 e. The molecule has 0 unspecified atom stereocenters. The summed E-state index contributed by atoms with van der Waals surface area (Å²) in [5, 5.41) is 0. The van der Waals surface area contributed by atoms with E-state index in [1.165, 1.54) is 51.4 Å². The van der Waals surface area contributed by atoms with Crippen molar-refractivity contribution in [3.8, 4) is 5.75 Å². The molecule has 0 amide bonds. The van der Waals surface area contributed by atoms with Crippen LogP contribution in [-0.4, -0.2) is 23.9 Å². The lowest BCUT2D eigenvalue weighted by Gasteiger charge is -2.27. The van der Waals surface area contributed by atoms with Crippen LogP contribution in [0, 0.1) is 19.7 Å². The van der Waals surface area contributed by atoms with Gasteiger partial charge in [-0.05, 0) is 119 Å². The number of aryl methyl sites for hydroxylation is 2. The molecule has 3 nitrogen and oxygen atoms in total. The number of rotatable bonds is 9. The molecule has 250 valence electrons. The van der Waals surface area contributed by atoms with E-state index in [9.17, 15) is 4.39 Å². The number of allylic oxidation sites excluding steroid dienone is 7. The van der Waals surface area contributed by atoms with E-state index in [1.807, 2.05) is 6.07 Å². The smallest absolute Gasteiger partial charge is 0.209 e. The van der Waals surface area contributed by atoms with Gasteiger partial charge in [-0.15, -0.1) is 0 Å². The second kappa shape index (κ2) is 13.4. The molecular weight excluding hydrogens is 591 g/mol. The summed E-state index contributed by atoms with van der Waals surface area (Å²) < 4.78 is 23.7. The van der Waals surface area contributed by atoms with Crippen molar-refractivity contribution >= 4 is 17.1 Å². The largest absolute Gasteiger partial charge is 0.457 e. The fourth-order valence-corrected chi connectivity index (χ4v) is 7.79. The Morgan fingerprint density at radius 3 is 2.33 bits per heavy atom. The van der Waals surface area contributed by atoms with Crippen LogP contribution in [0.3, 0.4) is 0 Å². The number of halogens is 1. The molecule has 3 aliphatic rings. The first-order valence-corrected chi connectivity index (χ1v) is 17.8. The summed E-state index contributed by atoms with van der Waals surface area (Å²) in [6, 6.07) is 20.4. The minimum absolute atomic E-state index is 0.104. The molecular formula is C44H52FN2O+. The Balaban J connectivity index is 1.42. The summed E-state index contributed by atoms with van der Waals surface area (Å²) in [6.45, 7) is 16.5. The van der Waals surface area contributed by atoms with Crippen molar-refractivity contribution in [1.82, 2.24) is 0 Å². The van der Waals surface area contributed by atoms with Crippen LogP contribution < -0.4 is 9.64 Å². The molecule has 3 aromatic carbocycles. The third-order valence-electron chi connectivity index (χ3n) is 10.6. The Labute approximate surface area is 287 Å². The molecule has 0 bridgehead atoms. The van der Waals surface area contributed by atoms with Crippen LogP contribution in [-0.2, 0) is 10.8 Å². The number of unbranched alkanes of at least 4 members (excludes halogenated alkanes) is 2. The summed E-state index contributed by atoms with van der Waals surface area (Å²) in [5.74, 6) is 1.62. The highest BCUT2D eigenvalue weighted by atomic mass is 19.1. The Hall–Kier alpha value is -4.18. The maximum atomic E-state index is 14.5. The molecule has 0 atom stereocenters. The number of fused-ring (bicyclic) bond motifs is 2. The van der Waals surface area contributed by atoms with E-state index in [-0.39, 0.29) is 16.6 Å². The van der Waals surface area contributed by atoms with Crippen LogP contribution >= 0.6 is 0 Å². The van der Waals surface area contributed by atoms with Crippen molar-refractivity contribution in [2.24, 2.45) is 0 Å². The van der Waals surface area contributed by atoms with Gasteiger partial charge >= 0.3 is 0 Å². The topological polar surface area (TPSA) is 15.5 Å². The lowest BCUT2D eigenvalue weighted by Crippen LogP contribution is -2.27. The zero-order valence-corrected chi connectivity index (χ0v) is 30.2. The van der Waals surface area contributed by atoms with Gasteiger partial charge in [0, 0.05) is 41.1 Å². The van der Waals surface area contributed by atoms with E-state index in [0.29, 0.717) is 0 Å². The van der Waals surface area contributed by atoms with Crippen molar-refractivity contribution < 1.29 is 13.7 Å². The summed E-state index contributed by atoms with van der Waals surface area (Å²) in [6.07, 6.45) is 15.5. The van der Waals surface area contributed by atoms with Gasteiger partial charge in [-0.2, -0.15) is 4.58 Å². The minimum atomic E-state index is -0.317. The fourth-order valence-electron chi connectivity index (χ4n) is 7.79. The van der Waals surface area contributed by atoms with E-state index >= 15 is 0 Å². The SMILES string of the molecule is CCCCCN1/C(=C/C=C2\CCCC(/C=C/C3=[N+](C)c4ccc(C)cc4C3(C)C)=C2Oc2ccc(C)cc2)C(C)(C)c2cc(F)ccc21. The molecule has 0 saturated heterocycles. The van der Waals surface area contributed by atoms with Gasteiger partial charge in [0.15, 0.2) is 5.71 Å². The maximum absolute atomic E-state index is 14.5. The van der Waals surface area contributed by atoms with Gasteiger partial charge in [-0.1, -0.05) is 69.0 Å². The van der Waals surface area contributed by atoms with E-state index in [4.69, 9.17) is 4.74 Å². The molecule has 4 heteroatoms. The lowest BCUT2D eigenvalue weighted by atomic mass is 9.80. The molecule has 0 aromatic heterocycles. The van der Waals surface area contributed by atoms with Crippen molar-refractivity contribution in [2.45, 2.75) is 97.8 Å². The van der Waals surface area contributed by atoms with Crippen LogP contribution in [0.5, 0.6) is 5.75 Å². The first-order chi connectivity index (χ1) is 22.9. The summed E-state index contributed by atoms with van der Waals surface area (Å²) >= 11 is 0. The van der Waals surface area contributed by atoms with Crippen molar-refractivity contribution in [1.29, 1.82) is 0 Å². The molecule has 0 saturated carbocycles. The quantitative estimate of drug-likeness (QED) is 0.170. The van der Waals surface area contributed by atoms with E-state index in [0.717, 1.165) is 61.4 Å². The summed E-state index contributed by atoms with van der Waals surface area (Å²) in [7, 11) is 2.18. The highest BCUT2D eigenvalue weighted by molar-refractivity contribution is 6.03. The van der Waals surface area contributed by atoms with Gasteiger partial charge in [0.2, 0.25) is 5.69 Å². The maximum Gasteiger partial charge on any atom is 0.209 e. The average molecular weight is 644 g/mol. The van der Waals surface area contributed by atoms with Gasteiger partial charge in [-0.25, -0.2) is 4.39 Å². The van der Waals surface area contributed by atoms with Crippen LogP contribution in [0.2, 0.25) is 0 Å². The van der Waals surface area contributed by atoms with Crippen LogP contribution in [0.25, 0.3) is 0 Å². The Morgan fingerprint density at radius 1 is 0.833 bits per heavy atom. The number of hydrogen-bond donors (Lipinski definition) is 0. The second-order valence-corrected chi connectivity index (χ2v) is 14.9. The highest BCUT2D eigenvalue weighted by Gasteiger charge is 2.43. The molecule has 1 aliphatic carbocycles. The number of ether oxygens (including phenoxy) is 1. The first kappa shape index (κ1) is 33.7. The molecule has 48 heavy (non-hydrogen) atoms. The average Bonchev–Trinajstić information content (AvgIpc) is 3.37. The highest BCUT2D eigenvalue weighted by Crippen LogP contribution is 2.48. The number of benzene rings is 3. The molecule has 0 fully saturated rings. The monoisotopic (exact) mass is 643 g/mol. The molecule has 2 aliphatic heterocycles. The van der Waals surface area contributed by atoms with E-state index in [2.05, 4.69) is 132 Å². The predicted molar refractivity (Wildman–Crippen MR) is 199 cm³/mol. The van der Waals surface area contributed by atoms with Gasteiger partial charge in [0.25, 0.3) is 0 Å².